The first-order valence-corrected chi connectivity index (χ1v) is 9.41. The summed E-state index contributed by atoms with van der Waals surface area (Å²) >= 11 is 0. The van der Waals surface area contributed by atoms with Crippen LogP contribution >= 0.6 is 0 Å². The summed E-state index contributed by atoms with van der Waals surface area (Å²) in [6, 6.07) is 17.3. The molecule has 0 radical (unpaired) electrons. The van der Waals surface area contributed by atoms with E-state index in [1.807, 2.05) is 18.2 Å². The van der Waals surface area contributed by atoms with E-state index < -0.39 is 0 Å². The number of benzene rings is 3. The summed E-state index contributed by atoms with van der Waals surface area (Å²) < 4.78 is 2.39. The predicted molar refractivity (Wildman–Crippen MR) is 119 cm³/mol. The van der Waals surface area contributed by atoms with Gasteiger partial charge in [0.05, 0.1) is 17.4 Å². The van der Waals surface area contributed by atoms with Crippen LogP contribution in [0.5, 0.6) is 0 Å². The largest absolute Gasteiger partial charge is 0.399 e. The maximum atomic E-state index is 6.27. The second-order valence-corrected chi connectivity index (χ2v) is 7.27. The number of nitrogens with one attached hydrogen (secondary N) is 1. The quantitative estimate of drug-likeness (QED) is 0.362. The third-order valence-electron chi connectivity index (χ3n) is 5.48. The molecule has 1 aromatic heterocycles. The molecule has 0 saturated heterocycles. The molecule has 3 aromatic carbocycles. The SMILES string of the molecule is C=C/C=C\C=C(\N)NC1Cn2c3cc4ccccc4cc3c3cc(N)cc1c32. The Kier molecular flexibility index (Phi) is 3.66. The Morgan fingerprint density at radius 3 is 2.64 bits per heavy atom. The molecule has 1 aliphatic heterocycles. The standard InChI is InChI=1S/C24H22N4/c1-2-3-4-9-23(26)27-21-14-28-22-11-16-8-6-5-7-15(16)10-18(22)19-12-17(25)13-20(21)24(19)28/h2-13,21,27H,1,14,25-26H2/b4-3-,23-9-. The fourth-order valence-electron chi connectivity index (χ4n) is 4.32. The first kappa shape index (κ1) is 16.5. The van der Waals surface area contributed by atoms with E-state index in [2.05, 4.69) is 65.0 Å². The van der Waals surface area contributed by atoms with Crippen molar-refractivity contribution in [3.05, 3.63) is 90.8 Å². The van der Waals surface area contributed by atoms with Gasteiger partial charge in [-0.2, -0.15) is 0 Å². The summed E-state index contributed by atoms with van der Waals surface area (Å²) in [6.07, 6.45) is 7.30. The predicted octanol–water partition coefficient (Wildman–Crippen LogP) is 4.72. The van der Waals surface area contributed by atoms with Crippen LogP contribution in [0.1, 0.15) is 11.6 Å². The van der Waals surface area contributed by atoms with Gasteiger partial charge in [0.15, 0.2) is 0 Å². The minimum Gasteiger partial charge on any atom is -0.399 e. The van der Waals surface area contributed by atoms with Crippen LogP contribution in [0.15, 0.2) is 85.2 Å². The number of anilines is 1. The van der Waals surface area contributed by atoms with E-state index in [9.17, 15) is 0 Å². The Morgan fingerprint density at radius 1 is 1.07 bits per heavy atom. The number of fused-ring (bicyclic) bond motifs is 4. The van der Waals surface area contributed by atoms with Crippen LogP contribution in [0.2, 0.25) is 0 Å². The monoisotopic (exact) mass is 366 g/mol. The Labute approximate surface area is 163 Å². The van der Waals surface area contributed by atoms with Crippen molar-refractivity contribution in [3.8, 4) is 0 Å². The minimum absolute atomic E-state index is 0.0882. The first-order chi connectivity index (χ1) is 13.7. The van der Waals surface area contributed by atoms with Gasteiger partial charge >= 0.3 is 0 Å². The van der Waals surface area contributed by atoms with Crippen LogP contribution in [0.3, 0.4) is 0 Å². The third-order valence-corrected chi connectivity index (χ3v) is 5.48. The molecular weight excluding hydrogens is 344 g/mol. The van der Waals surface area contributed by atoms with Gasteiger partial charge in [0.1, 0.15) is 0 Å². The lowest BCUT2D eigenvalue weighted by atomic mass is 10.0. The fraction of sp³-hybridized carbons (Fsp3) is 0.0833. The summed E-state index contributed by atoms with van der Waals surface area (Å²) in [7, 11) is 0. The molecule has 5 N–H and O–H groups in total. The summed E-state index contributed by atoms with van der Waals surface area (Å²) in [6.45, 7) is 4.49. The summed E-state index contributed by atoms with van der Waals surface area (Å²) in [4.78, 5) is 0. The van der Waals surface area contributed by atoms with Crippen molar-refractivity contribution >= 4 is 38.3 Å². The van der Waals surface area contributed by atoms with Crippen LogP contribution in [0, 0.1) is 0 Å². The molecule has 1 unspecified atom stereocenters. The van der Waals surface area contributed by atoms with Crippen LogP contribution < -0.4 is 16.8 Å². The summed E-state index contributed by atoms with van der Waals surface area (Å²) in [5.74, 6) is 0.624. The molecule has 2 heterocycles. The number of hydrogen-bond acceptors (Lipinski definition) is 3. The van der Waals surface area contributed by atoms with Crippen LogP contribution in [-0.4, -0.2) is 4.57 Å². The van der Waals surface area contributed by atoms with E-state index in [1.165, 1.54) is 38.1 Å². The normalized spacial score (nSPS) is 16.6. The van der Waals surface area contributed by atoms with Gasteiger partial charge in [0.25, 0.3) is 0 Å². The van der Waals surface area contributed by atoms with Crippen molar-refractivity contribution in [1.29, 1.82) is 0 Å². The Hall–Kier alpha value is -3.66. The highest BCUT2D eigenvalue weighted by Gasteiger charge is 2.28. The molecule has 0 aliphatic carbocycles. The maximum absolute atomic E-state index is 6.27. The van der Waals surface area contributed by atoms with Crippen molar-refractivity contribution in [3.63, 3.8) is 0 Å². The van der Waals surface area contributed by atoms with Gasteiger partial charge in [0.2, 0.25) is 0 Å². The Morgan fingerprint density at radius 2 is 1.86 bits per heavy atom. The highest BCUT2D eigenvalue weighted by molar-refractivity contribution is 6.14. The second kappa shape index (κ2) is 6.20. The zero-order valence-electron chi connectivity index (χ0n) is 15.5. The second-order valence-electron chi connectivity index (χ2n) is 7.27. The number of hydrogen-bond donors (Lipinski definition) is 3. The van der Waals surface area contributed by atoms with Gasteiger partial charge < -0.3 is 21.4 Å². The van der Waals surface area contributed by atoms with Gasteiger partial charge in [-0.1, -0.05) is 49.1 Å². The van der Waals surface area contributed by atoms with Crippen molar-refractivity contribution < 1.29 is 0 Å². The Bertz CT molecular complexity index is 1310. The molecule has 4 nitrogen and oxygen atoms in total. The molecule has 0 amide bonds. The van der Waals surface area contributed by atoms with Gasteiger partial charge in [-0.25, -0.2) is 0 Å². The van der Waals surface area contributed by atoms with E-state index in [-0.39, 0.29) is 6.04 Å². The molecule has 1 aliphatic rings. The molecule has 0 saturated carbocycles. The molecule has 1 atom stereocenters. The molecule has 5 rings (SSSR count). The highest BCUT2D eigenvalue weighted by atomic mass is 15.1. The fourth-order valence-corrected chi connectivity index (χ4v) is 4.32. The Balaban J connectivity index is 1.69. The van der Waals surface area contributed by atoms with Gasteiger partial charge in [-0.05, 0) is 41.1 Å². The van der Waals surface area contributed by atoms with Crippen LogP contribution in [0.4, 0.5) is 5.69 Å². The van der Waals surface area contributed by atoms with Crippen molar-refractivity contribution in [2.75, 3.05) is 5.73 Å². The molecular formula is C24H22N4. The maximum Gasteiger partial charge on any atom is 0.0965 e. The molecule has 4 aromatic rings. The smallest absolute Gasteiger partial charge is 0.0965 e. The molecule has 28 heavy (non-hydrogen) atoms. The number of nitrogens with two attached hydrogens (primary N) is 2. The average Bonchev–Trinajstić information content (AvgIpc) is 3.18. The number of nitrogens with zero attached hydrogens (tertiary/aromatic N) is 1. The van der Waals surface area contributed by atoms with Gasteiger partial charge in [-0.3, -0.25) is 0 Å². The van der Waals surface area contributed by atoms with Crippen molar-refractivity contribution in [1.82, 2.24) is 9.88 Å². The van der Waals surface area contributed by atoms with Crippen LogP contribution in [-0.2, 0) is 6.54 Å². The third kappa shape index (κ3) is 2.46. The zero-order valence-corrected chi connectivity index (χ0v) is 15.5. The average molecular weight is 366 g/mol. The van der Waals surface area contributed by atoms with Crippen molar-refractivity contribution in [2.24, 2.45) is 5.73 Å². The lowest BCUT2D eigenvalue weighted by Gasteiger charge is -2.16. The number of aromatic nitrogens is 1. The van der Waals surface area contributed by atoms with Crippen LogP contribution in [0.25, 0.3) is 32.6 Å². The van der Waals surface area contributed by atoms with E-state index >= 15 is 0 Å². The number of allylic oxidation sites excluding steroid dienone is 4. The molecule has 4 heteroatoms. The van der Waals surface area contributed by atoms with E-state index in [4.69, 9.17) is 11.5 Å². The summed E-state index contributed by atoms with van der Waals surface area (Å²) in [5, 5.41) is 8.38. The zero-order chi connectivity index (χ0) is 19.3. The summed E-state index contributed by atoms with van der Waals surface area (Å²) in [5.41, 5.74) is 16.9. The van der Waals surface area contributed by atoms with Gasteiger partial charge in [0, 0.05) is 34.1 Å². The lowest BCUT2D eigenvalue weighted by Crippen LogP contribution is -2.26. The lowest BCUT2D eigenvalue weighted by molar-refractivity contribution is 0.550. The number of rotatable bonds is 4. The molecule has 0 spiro atoms. The van der Waals surface area contributed by atoms with E-state index in [0.717, 1.165) is 12.2 Å². The van der Waals surface area contributed by atoms with Gasteiger partial charge in [-0.15, -0.1) is 0 Å². The number of nitrogen functional groups attached to an aromatic ring is 1. The van der Waals surface area contributed by atoms with E-state index in [1.54, 1.807) is 6.08 Å². The molecule has 0 fully saturated rings. The first-order valence-electron chi connectivity index (χ1n) is 9.41. The van der Waals surface area contributed by atoms with Crippen molar-refractivity contribution in [2.45, 2.75) is 12.6 Å². The minimum atomic E-state index is 0.0882. The molecule has 138 valence electrons. The van der Waals surface area contributed by atoms with E-state index in [0.29, 0.717) is 5.82 Å². The topological polar surface area (TPSA) is 69.0 Å². The highest BCUT2D eigenvalue weighted by Crippen LogP contribution is 2.42. The molecule has 0 bridgehead atoms.